The van der Waals surface area contributed by atoms with Crippen LogP contribution in [0.5, 0.6) is 0 Å². The minimum atomic E-state index is -0.965. The third-order valence-electron chi connectivity index (χ3n) is 4.23. The van der Waals surface area contributed by atoms with E-state index < -0.39 is 6.10 Å². The summed E-state index contributed by atoms with van der Waals surface area (Å²) in [5.41, 5.74) is 0. The van der Waals surface area contributed by atoms with Gasteiger partial charge in [0, 0.05) is 6.42 Å². The van der Waals surface area contributed by atoms with E-state index in [0.717, 1.165) is 32.1 Å². The highest BCUT2D eigenvalue weighted by Gasteiger charge is 2.07. The zero-order valence-corrected chi connectivity index (χ0v) is 16.7. The number of esters is 1. The molecule has 0 saturated carbocycles. The fourth-order valence-electron chi connectivity index (χ4n) is 2.57. The molecule has 0 amide bonds. The van der Waals surface area contributed by atoms with Crippen molar-refractivity contribution in [2.45, 2.75) is 96.5 Å². The minimum absolute atomic E-state index is 0.115. The van der Waals surface area contributed by atoms with Crippen LogP contribution >= 0.6 is 0 Å². The van der Waals surface area contributed by atoms with Gasteiger partial charge in [0.25, 0.3) is 0 Å². The summed E-state index contributed by atoms with van der Waals surface area (Å²) in [7, 11) is 0. The van der Waals surface area contributed by atoms with Crippen LogP contribution in [-0.2, 0) is 9.53 Å². The molecule has 0 aromatic carbocycles. The minimum Gasteiger partial charge on any atom is -0.463 e. The van der Waals surface area contributed by atoms with E-state index in [1.54, 1.807) is 0 Å². The fraction of sp³-hybridized carbons (Fsp3) is 0.773. The molecule has 0 bridgehead atoms. The summed E-state index contributed by atoms with van der Waals surface area (Å²) in [6.45, 7) is 1.75. The van der Waals surface area contributed by atoms with Gasteiger partial charge >= 0.3 is 5.97 Å². The van der Waals surface area contributed by atoms with Gasteiger partial charge in [0.15, 0.2) is 0 Å². The Bertz CT molecular complexity index is 363. The van der Waals surface area contributed by atoms with E-state index in [-0.39, 0.29) is 19.2 Å². The van der Waals surface area contributed by atoms with Crippen molar-refractivity contribution >= 4 is 5.97 Å². The summed E-state index contributed by atoms with van der Waals surface area (Å²) in [5.74, 6) is -0.293. The Kier molecular flexibility index (Phi) is 19.3. The zero-order valence-electron chi connectivity index (χ0n) is 16.7. The molecule has 0 fully saturated rings. The second-order valence-electron chi connectivity index (χ2n) is 6.85. The fourth-order valence-corrected chi connectivity index (χ4v) is 2.57. The van der Waals surface area contributed by atoms with Crippen LogP contribution in [0.3, 0.4) is 0 Å². The predicted octanol–water partition coefficient (Wildman–Crippen LogP) is 5.09. The van der Waals surface area contributed by atoms with E-state index in [1.807, 2.05) is 0 Å². The number of ether oxygens (including phenoxy) is 1. The molecule has 0 radical (unpaired) electrons. The molecule has 0 aromatic rings. The molecule has 0 aromatic heterocycles. The molecule has 4 heteroatoms. The molecule has 26 heavy (non-hydrogen) atoms. The lowest BCUT2D eigenvalue weighted by atomic mass is 10.1. The molecule has 0 saturated heterocycles. The number of unbranched alkanes of at least 4 members (excludes halogenated alkanes) is 9. The van der Waals surface area contributed by atoms with Crippen LogP contribution in [0.2, 0.25) is 0 Å². The predicted molar refractivity (Wildman–Crippen MR) is 108 cm³/mol. The molecule has 0 spiro atoms. The largest absolute Gasteiger partial charge is 0.463 e. The standard InChI is InChI=1S/C22H40O4/c1-2-3-4-5-6-7-8-9-10-11-12-13-14-15-16-17-18-22(25)26-20-21(24)19-23/h7-8,10-11,21,23-24H,2-6,9,12-20H2,1H3/t21-/m1/s1. The molecule has 0 heterocycles. The molecule has 2 N–H and O–H groups in total. The molecule has 0 aliphatic carbocycles. The van der Waals surface area contributed by atoms with Gasteiger partial charge < -0.3 is 14.9 Å². The summed E-state index contributed by atoms with van der Waals surface area (Å²) in [6.07, 6.45) is 22.6. The summed E-state index contributed by atoms with van der Waals surface area (Å²) >= 11 is 0. The molecule has 152 valence electrons. The van der Waals surface area contributed by atoms with Crippen molar-refractivity contribution in [2.75, 3.05) is 13.2 Å². The normalized spacial score (nSPS) is 12.9. The smallest absolute Gasteiger partial charge is 0.305 e. The number of carbonyl (C=O) groups excluding carboxylic acids is 1. The van der Waals surface area contributed by atoms with Gasteiger partial charge in [-0.1, -0.05) is 69.8 Å². The van der Waals surface area contributed by atoms with Gasteiger partial charge in [-0.05, 0) is 38.5 Å². The van der Waals surface area contributed by atoms with Gasteiger partial charge in [0.2, 0.25) is 0 Å². The molecule has 0 rings (SSSR count). The van der Waals surface area contributed by atoms with Crippen LogP contribution < -0.4 is 0 Å². The Balaban J connectivity index is 3.30. The van der Waals surface area contributed by atoms with Crippen LogP contribution in [0, 0.1) is 0 Å². The lowest BCUT2D eigenvalue weighted by Crippen LogP contribution is -2.21. The van der Waals surface area contributed by atoms with Gasteiger partial charge in [0.1, 0.15) is 12.7 Å². The molecule has 0 aliphatic rings. The Morgan fingerprint density at radius 3 is 2.08 bits per heavy atom. The summed E-state index contributed by atoms with van der Waals surface area (Å²) in [5, 5.41) is 17.7. The van der Waals surface area contributed by atoms with E-state index in [9.17, 15) is 4.79 Å². The van der Waals surface area contributed by atoms with Crippen molar-refractivity contribution < 1.29 is 19.7 Å². The van der Waals surface area contributed by atoms with Crippen LogP contribution in [0.4, 0.5) is 0 Å². The van der Waals surface area contributed by atoms with Gasteiger partial charge in [-0.2, -0.15) is 0 Å². The van der Waals surface area contributed by atoms with Crippen molar-refractivity contribution in [3.05, 3.63) is 24.3 Å². The summed E-state index contributed by atoms with van der Waals surface area (Å²) in [6, 6.07) is 0. The quantitative estimate of drug-likeness (QED) is 0.201. The number of carbonyl (C=O) groups is 1. The Morgan fingerprint density at radius 2 is 1.46 bits per heavy atom. The highest BCUT2D eigenvalue weighted by Crippen LogP contribution is 2.09. The first-order valence-electron chi connectivity index (χ1n) is 10.4. The molecule has 4 nitrogen and oxygen atoms in total. The molecular weight excluding hydrogens is 328 g/mol. The lowest BCUT2D eigenvalue weighted by molar-refractivity contribution is -0.147. The molecular formula is C22H40O4. The number of hydrogen-bond donors (Lipinski definition) is 2. The van der Waals surface area contributed by atoms with Crippen molar-refractivity contribution in [1.29, 1.82) is 0 Å². The summed E-state index contributed by atoms with van der Waals surface area (Å²) in [4.78, 5) is 11.4. The van der Waals surface area contributed by atoms with Crippen LogP contribution in [0.15, 0.2) is 24.3 Å². The van der Waals surface area contributed by atoms with E-state index in [4.69, 9.17) is 14.9 Å². The maximum Gasteiger partial charge on any atom is 0.305 e. The first-order chi connectivity index (χ1) is 12.7. The number of aliphatic hydroxyl groups excluding tert-OH is 2. The van der Waals surface area contributed by atoms with E-state index in [0.29, 0.717) is 6.42 Å². The summed E-state index contributed by atoms with van der Waals surface area (Å²) < 4.78 is 4.86. The Labute approximate surface area is 160 Å². The lowest BCUT2D eigenvalue weighted by Gasteiger charge is -2.08. The highest BCUT2D eigenvalue weighted by atomic mass is 16.5. The second kappa shape index (κ2) is 20.2. The number of aliphatic hydroxyl groups is 2. The molecule has 0 unspecified atom stereocenters. The number of hydrogen-bond acceptors (Lipinski definition) is 4. The second-order valence-corrected chi connectivity index (χ2v) is 6.85. The Hall–Kier alpha value is -1.13. The highest BCUT2D eigenvalue weighted by molar-refractivity contribution is 5.69. The topological polar surface area (TPSA) is 66.8 Å². The van der Waals surface area contributed by atoms with E-state index >= 15 is 0 Å². The van der Waals surface area contributed by atoms with Gasteiger partial charge in [-0.3, -0.25) is 4.79 Å². The van der Waals surface area contributed by atoms with Crippen LogP contribution in [0.25, 0.3) is 0 Å². The number of allylic oxidation sites excluding steroid dienone is 4. The van der Waals surface area contributed by atoms with Crippen molar-refractivity contribution in [2.24, 2.45) is 0 Å². The van der Waals surface area contributed by atoms with Gasteiger partial charge in [-0.15, -0.1) is 0 Å². The SMILES string of the molecule is CCCCCCC=CCC=CCCCCCCCC(=O)OC[C@H](O)CO. The average Bonchev–Trinajstić information content (AvgIpc) is 2.65. The van der Waals surface area contributed by atoms with Crippen LogP contribution in [0.1, 0.15) is 90.4 Å². The third-order valence-corrected chi connectivity index (χ3v) is 4.23. The monoisotopic (exact) mass is 368 g/mol. The van der Waals surface area contributed by atoms with Gasteiger partial charge in [0.05, 0.1) is 6.61 Å². The molecule has 1 atom stereocenters. The zero-order chi connectivity index (χ0) is 19.3. The van der Waals surface area contributed by atoms with Gasteiger partial charge in [-0.25, -0.2) is 0 Å². The van der Waals surface area contributed by atoms with Crippen molar-refractivity contribution in [3.63, 3.8) is 0 Å². The first kappa shape index (κ1) is 24.9. The van der Waals surface area contributed by atoms with Crippen molar-refractivity contribution in [3.8, 4) is 0 Å². The maximum atomic E-state index is 11.4. The third kappa shape index (κ3) is 19.2. The first-order valence-corrected chi connectivity index (χ1v) is 10.4. The van der Waals surface area contributed by atoms with Crippen LogP contribution in [-0.4, -0.2) is 35.5 Å². The number of rotatable bonds is 18. The van der Waals surface area contributed by atoms with E-state index in [1.165, 1.54) is 44.9 Å². The van der Waals surface area contributed by atoms with Crippen molar-refractivity contribution in [1.82, 2.24) is 0 Å². The molecule has 0 aliphatic heterocycles. The maximum absolute atomic E-state index is 11.4. The Morgan fingerprint density at radius 1 is 0.885 bits per heavy atom. The van der Waals surface area contributed by atoms with E-state index in [2.05, 4.69) is 31.2 Å². The average molecular weight is 369 g/mol.